The fourth-order valence-corrected chi connectivity index (χ4v) is 4.49. The van der Waals surface area contributed by atoms with E-state index in [2.05, 4.69) is 82.0 Å². The molecule has 3 nitrogen and oxygen atoms in total. The van der Waals surface area contributed by atoms with Gasteiger partial charge >= 0.3 is 0 Å². The Morgan fingerprint density at radius 2 is 1.93 bits per heavy atom. The third-order valence-electron chi connectivity index (χ3n) is 5.54. The average Bonchev–Trinajstić information content (AvgIpc) is 3.07. The summed E-state index contributed by atoms with van der Waals surface area (Å²) >= 11 is 1.78. The van der Waals surface area contributed by atoms with Crippen LogP contribution in [-0.2, 0) is 13.0 Å². The highest BCUT2D eigenvalue weighted by Gasteiger charge is 2.16. The first kappa shape index (κ1) is 19.3. The van der Waals surface area contributed by atoms with Crippen LogP contribution in [0.25, 0.3) is 16.5 Å². The Balaban J connectivity index is 1.73. The number of hydrogen-bond donors (Lipinski definition) is 1. The first-order valence-corrected chi connectivity index (χ1v) is 11.1. The van der Waals surface area contributed by atoms with Gasteiger partial charge in [0.15, 0.2) is 0 Å². The molecule has 0 atom stereocenters. The Morgan fingerprint density at radius 3 is 2.68 bits per heavy atom. The normalized spacial score (nSPS) is 15.1. The molecule has 2 aromatic carbocycles. The minimum absolute atomic E-state index is 0.916. The Morgan fingerprint density at radius 1 is 1.07 bits per heavy atom. The molecule has 146 valence electrons. The van der Waals surface area contributed by atoms with Gasteiger partial charge < -0.3 is 9.47 Å². The Labute approximate surface area is 172 Å². The molecule has 0 saturated carbocycles. The molecule has 0 radical (unpaired) electrons. The molecule has 4 heteroatoms. The summed E-state index contributed by atoms with van der Waals surface area (Å²) in [6.45, 7) is 3.09. The molecule has 28 heavy (non-hydrogen) atoms. The van der Waals surface area contributed by atoms with Gasteiger partial charge in [-0.1, -0.05) is 54.4 Å². The molecule has 1 aromatic heterocycles. The fourth-order valence-electron chi connectivity index (χ4n) is 3.95. The number of nitrogens with one attached hydrogen (secondary N) is 1. The number of rotatable bonds is 7. The molecule has 1 aliphatic heterocycles. The summed E-state index contributed by atoms with van der Waals surface area (Å²) in [4.78, 5) is 2.38. The van der Waals surface area contributed by atoms with E-state index in [4.69, 9.17) is 0 Å². The van der Waals surface area contributed by atoms with Crippen molar-refractivity contribution in [3.63, 3.8) is 0 Å². The van der Waals surface area contributed by atoms with Gasteiger partial charge in [-0.3, -0.25) is 4.72 Å². The van der Waals surface area contributed by atoms with Gasteiger partial charge in [-0.2, -0.15) is 0 Å². The maximum Gasteiger partial charge on any atom is 0.0489 e. The van der Waals surface area contributed by atoms with E-state index in [1.54, 1.807) is 11.9 Å². The third kappa shape index (κ3) is 4.35. The number of benzene rings is 2. The summed E-state index contributed by atoms with van der Waals surface area (Å²) in [6.07, 6.45) is 7.00. The molecular formula is C24H29N3S. The average molecular weight is 392 g/mol. The van der Waals surface area contributed by atoms with Gasteiger partial charge in [0.2, 0.25) is 0 Å². The molecule has 0 aliphatic carbocycles. The predicted molar refractivity (Wildman–Crippen MR) is 123 cm³/mol. The second-order valence-corrected chi connectivity index (χ2v) is 8.66. The maximum atomic E-state index is 3.17. The number of fused-ring (bicyclic) bond motifs is 1. The zero-order valence-corrected chi connectivity index (χ0v) is 17.6. The minimum Gasteiger partial charge on any atom is -0.342 e. The Hall–Kier alpha value is -2.01. The minimum atomic E-state index is 0.916. The van der Waals surface area contributed by atoms with Crippen molar-refractivity contribution in [2.75, 3.05) is 32.9 Å². The lowest BCUT2D eigenvalue weighted by molar-refractivity contribution is 0.370. The zero-order valence-electron chi connectivity index (χ0n) is 16.8. The van der Waals surface area contributed by atoms with Gasteiger partial charge in [0.05, 0.1) is 0 Å². The fraction of sp³-hybridized carbons (Fsp3) is 0.333. The van der Waals surface area contributed by atoms with Crippen molar-refractivity contribution in [1.29, 1.82) is 0 Å². The quantitative estimate of drug-likeness (QED) is 0.461. The zero-order chi connectivity index (χ0) is 19.3. The standard InChI is InChI=1S/C24H29N3S/c1-25-28-15-12-19-8-9-24-22(16-19)23(21-10-13-26(2)14-11-21)18-27(24)17-20-6-4-3-5-7-20/h3-10,16,18,25H,11-15,17H2,1-2H3. The van der Waals surface area contributed by atoms with Crippen LogP contribution in [0.4, 0.5) is 0 Å². The molecular weight excluding hydrogens is 362 g/mol. The van der Waals surface area contributed by atoms with Crippen LogP contribution in [0.5, 0.6) is 0 Å². The molecule has 0 bridgehead atoms. The molecule has 2 heterocycles. The molecule has 1 aliphatic rings. The van der Waals surface area contributed by atoms with Crippen LogP contribution >= 0.6 is 11.9 Å². The van der Waals surface area contributed by atoms with Crippen molar-refractivity contribution in [2.45, 2.75) is 19.4 Å². The van der Waals surface area contributed by atoms with Crippen molar-refractivity contribution in [3.05, 3.63) is 77.5 Å². The van der Waals surface area contributed by atoms with E-state index in [1.807, 2.05) is 7.05 Å². The lowest BCUT2D eigenvalue weighted by atomic mass is 9.98. The maximum absolute atomic E-state index is 3.17. The molecule has 0 amide bonds. The van der Waals surface area contributed by atoms with E-state index in [0.29, 0.717) is 0 Å². The van der Waals surface area contributed by atoms with Crippen LogP contribution in [0, 0.1) is 0 Å². The highest BCUT2D eigenvalue weighted by Crippen LogP contribution is 2.32. The van der Waals surface area contributed by atoms with Crippen LogP contribution in [0.1, 0.15) is 23.1 Å². The van der Waals surface area contributed by atoms with Gasteiger partial charge in [-0.15, -0.1) is 0 Å². The third-order valence-corrected chi connectivity index (χ3v) is 6.23. The summed E-state index contributed by atoms with van der Waals surface area (Å²) in [5.74, 6) is 1.09. The Bertz CT molecular complexity index is 959. The van der Waals surface area contributed by atoms with Gasteiger partial charge in [-0.25, -0.2) is 0 Å². The Kier molecular flexibility index (Phi) is 6.20. The van der Waals surface area contributed by atoms with E-state index >= 15 is 0 Å². The molecule has 3 aromatic rings. The smallest absolute Gasteiger partial charge is 0.0489 e. The van der Waals surface area contributed by atoms with Crippen molar-refractivity contribution >= 4 is 28.4 Å². The van der Waals surface area contributed by atoms with Gasteiger partial charge in [-0.05, 0) is 55.8 Å². The van der Waals surface area contributed by atoms with Crippen LogP contribution in [0.15, 0.2) is 60.8 Å². The van der Waals surface area contributed by atoms with Gasteiger partial charge in [0.1, 0.15) is 0 Å². The topological polar surface area (TPSA) is 20.2 Å². The first-order chi connectivity index (χ1) is 13.7. The summed E-state index contributed by atoms with van der Waals surface area (Å²) in [7, 11) is 4.19. The van der Waals surface area contributed by atoms with E-state index in [-0.39, 0.29) is 0 Å². The SMILES string of the molecule is CNSCCc1ccc2c(c1)c(C1=CCN(C)CC1)cn2Cc1ccccc1. The molecule has 0 spiro atoms. The number of aromatic nitrogens is 1. The molecule has 1 N–H and O–H groups in total. The summed E-state index contributed by atoms with van der Waals surface area (Å²) in [6, 6.07) is 17.8. The predicted octanol–water partition coefficient (Wildman–Crippen LogP) is 4.82. The van der Waals surface area contributed by atoms with Crippen LogP contribution < -0.4 is 4.72 Å². The number of likely N-dealkylation sites (N-methyl/N-ethyl adjacent to an activating group) is 1. The number of nitrogens with zero attached hydrogens (tertiary/aromatic N) is 2. The monoisotopic (exact) mass is 391 g/mol. The first-order valence-electron chi connectivity index (χ1n) is 10.1. The van der Waals surface area contributed by atoms with E-state index in [9.17, 15) is 0 Å². The second kappa shape index (κ2) is 8.99. The number of hydrogen-bond acceptors (Lipinski definition) is 3. The van der Waals surface area contributed by atoms with E-state index in [1.165, 1.54) is 33.2 Å². The van der Waals surface area contributed by atoms with Crippen molar-refractivity contribution < 1.29 is 0 Å². The highest BCUT2D eigenvalue weighted by atomic mass is 32.2. The van der Waals surface area contributed by atoms with Gasteiger partial charge in [0, 0.05) is 48.1 Å². The lowest BCUT2D eigenvalue weighted by Crippen LogP contribution is -2.23. The van der Waals surface area contributed by atoms with E-state index < -0.39 is 0 Å². The highest BCUT2D eigenvalue weighted by molar-refractivity contribution is 7.97. The molecule has 0 unspecified atom stereocenters. The molecule has 4 rings (SSSR count). The summed E-state index contributed by atoms with van der Waals surface area (Å²) < 4.78 is 5.59. The van der Waals surface area contributed by atoms with Crippen LogP contribution in [0.3, 0.4) is 0 Å². The van der Waals surface area contributed by atoms with Crippen molar-refractivity contribution in [1.82, 2.24) is 14.2 Å². The number of aryl methyl sites for hydroxylation is 1. The lowest BCUT2D eigenvalue weighted by Gasteiger charge is -2.21. The summed E-state index contributed by atoms with van der Waals surface area (Å²) in [5, 5.41) is 1.40. The van der Waals surface area contributed by atoms with E-state index in [0.717, 1.165) is 38.2 Å². The van der Waals surface area contributed by atoms with Crippen LogP contribution in [-0.4, -0.2) is 42.4 Å². The van der Waals surface area contributed by atoms with Crippen LogP contribution in [0.2, 0.25) is 0 Å². The second-order valence-electron chi connectivity index (χ2n) is 7.55. The van der Waals surface area contributed by atoms with Crippen molar-refractivity contribution in [3.8, 4) is 0 Å². The summed E-state index contributed by atoms with van der Waals surface area (Å²) in [5.41, 5.74) is 7.02. The van der Waals surface area contributed by atoms with Crippen molar-refractivity contribution in [2.24, 2.45) is 0 Å². The van der Waals surface area contributed by atoms with Gasteiger partial charge in [0.25, 0.3) is 0 Å². The largest absolute Gasteiger partial charge is 0.342 e. The molecule has 0 saturated heterocycles. The molecule has 0 fully saturated rings.